The Balaban J connectivity index is 1.61. The number of benzene rings is 2. The van der Waals surface area contributed by atoms with Gasteiger partial charge in [-0.1, -0.05) is 12.1 Å². The van der Waals surface area contributed by atoms with Crippen LogP contribution in [0.1, 0.15) is 0 Å². The molecule has 0 unspecified atom stereocenters. The Kier molecular flexibility index (Phi) is 4.38. The molecule has 5 heteroatoms. The van der Waals surface area contributed by atoms with Crippen LogP contribution in [0, 0.1) is 0 Å². The van der Waals surface area contributed by atoms with Gasteiger partial charge in [-0.05, 0) is 35.7 Å². The molecule has 0 aliphatic rings. The highest BCUT2D eigenvalue weighted by Crippen LogP contribution is 2.18. The van der Waals surface area contributed by atoms with Gasteiger partial charge in [0.2, 0.25) is 5.91 Å². The summed E-state index contributed by atoms with van der Waals surface area (Å²) < 4.78 is 5.15. The first-order valence-electron chi connectivity index (χ1n) is 7.26. The maximum atomic E-state index is 12.1. The third-order valence-electron chi connectivity index (χ3n) is 3.45. The molecule has 3 rings (SSSR count). The molecule has 0 bridgehead atoms. The predicted octanol–water partition coefficient (Wildman–Crippen LogP) is 3.29. The number of rotatable bonds is 5. The van der Waals surface area contributed by atoms with Crippen molar-refractivity contribution in [2.75, 3.05) is 24.3 Å². The van der Waals surface area contributed by atoms with E-state index in [1.54, 1.807) is 19.5 Å². The number of methoxy groups -OCH3 is 1. The zero-order valence-corrected chi connectivity index (χ0v) is 12.7. The van der Waals surface area contributed by atoms with E-state index in [0.717, 1.165) is 27.9 Å². The summed E-state index contributed by atoms with van der Waals surface area (Å²) in [6.07, 6.45) is 3.53. The Labute approximate surface area is 134 Å². The number of amides is 1. The monoisotopic (exact) mass is 307 g/mol. The fraction of sp³-hybridized carbons (Fsp3) is 0.111. The van der Waals surface area contributed by atoms with Crippen molar-refractivity contribution < 1.29 is 9.53 Å². The number of nitrogens with one attached hydrogen (secondary N) is 2. The van der Waals surface area contributed by atoms with Crippen LogP contribution in [0.3, 0.4) is 0 Å². The number of fused-ring (bicyclic) bond motifs is 1. The fourth-order valence-electron chi connectivity index (χ4n) is 2.28. The second kappa shape index (κ2) is 6.79. The van der Waals surface area contributed by atoms with Crippen molar-refractivity contribution in [3.8, 4) is 5.75 Å². The van der Waals surface area contributed by atoms with Gasteiger partial charge in [0, 0.05) is 35.2 Å². The van der Waals surface area contributed by atoms with Crippen LogP contribution in [0.2, 0.25) is 0 Å². The molecule has 1 amide bonds. The molecule has 0 saturated carbocycles. The number of carbonyl (C=O) groups excluding carboxylic acids is 1. The summed E-state index contributed by atoms with van der Waals surface area (Å²) in [6.45, 7) is 0.182. The molecule has 0 saturated heterocycles. The van der Waals surface area contributed by atoms with Crippen LogP contribution in [-0.4, -0.2) is 24.5 Å². The van der Waals surface area contributed by atoms with E-state index in [1.807, 2.05) is 48.5 Å². The Morgan fingerprint density at radius 3 is 2.87 bits per heavy atom. The number of nitrogens with zero attached hydrogens (tertiary/aromatic N) is 1. The van der Waals surface area contributed by atoms with Gasteiger partial charge in [-0.2, -0.15) is 0 Å². The minimum atomic E-state index is -0.110. The van der Waals surface area contributed by atoms with E-state index >= 15 is 0 Å². The van der Waals surface area contributed by atoms with Crippen LogP contribution in [-0.2, 0) is 4.79 Å². The quantitative estimate of drug-likeness (QED) is 0.759. The third-order valence-corrected chi connectivity index (χ3v) is 3.45. The molecule has 1 aromatic heterocycles. The highest BCUT2D eigenvalue weighted by atomic mass is 16.5. The summed E-state index contributed by atoms with van der Waals surface area (Å²) in [5.41, 5.74) is 1.60. The second-order valence-electron chi connectivity index (χ2n) is 5.07. The maximum absolute atomic E-state index is 12.1. The summed E-state index contributed by atoms with van der Waals surface area (Å²) in [4.78, 5) is 16.1. The van der Waals surface area contributed by atoms with Crippen LogP contribution in [0.15, 0.2) is 60.9 Å². The molecule has 0 atom stereocenters. The van der Waals surface area contributed by atoms with E-state index in [1.165, 1.54) is 0 Å². The lowest BCUT2D eigenvalue weighted by atomic mass is 10.1. The fourth-order valence-corrected chi connectivity index (χ4v) is 2.28. The molecule has 3 aromatic rings. The molecule has 0 aliphatic carbocycles. The number of carbonyl (C=O) groups is 1. The molecule has 116 valence electrons. The molecule has 0 radical (unpaired) electrons. The lowest BCUT2D eigenvalue weighted by molar-refractivity contribution is -0.114. The Morgan fingerprint density at radius 2 is 2.00 bits per heavy atom. The van der Waals surface area contributed by atoms with Crippen molar-refractivity contribution in [1.82, 2.24) is 4.98 Å². The Bertz CT molecular complexity index is 833. The van der Waals surface area contributed by atoms with Crippen LogP contribution >= 0.6 is 0 Å². The number of anilines is 2. The van der Waals surface area contributed by atoms with Gasteiger partial charge < -0.3 is 15.4 Å². The van der Waals surface area contributed by atoms with Gasteiger partial charge in [-0.25, -0.2) is 0 Å². The highest BCUT2D eigenvalue weighted by Gasteiger charge is 2.04. The Hall–Kier alpha value is -3.08. The third kappa shape index (κ3) is 3.77. The van der Waals surface area contributed by atoms with Gasteiger partial charge in [0.05, 0.1) is 13.7 Å². The van der Waals surface area contributed by atoms with Gasteiger partial charge in [-0.15, -0.1) is 0 Å². The van der Waals surface area contributed by atoms with E-state index < -0.39 is 0 Å². The van der Waals surface area contributed by atoms with Crippen molar-refractivity contribution in [3.63, 3.8) is 0 Å². The van der Waals surface area contributed by atoms with E-state index in [-0.39, 0.29) is 12.5 Å². The molecular formula is C18H17N3O2. The number of ether oxygens (including phenoxy) is 1. The number of hydrogen-bond acceptors (Lipinski definition) is 4. The molecule has 0 aliphatic heterocycles. The SMILES string of the molecule is COc1cccc(NCC(=O)Nc2ccc3cnccc3c2)c1. The topological polar surface area (TPSA) is 63.2 Å². The number of aromatic nitrogens is 1. The normalized spacial score (nSPS) is 10.3. The van der Waals surface area contributed by atoms with Gasteiger partial charge in [0.1, 0.15) is 5.75 Å². The molecule has 2 N–H and O–H groups in total. The first kappa shape index (κ1) is 14.8. The van der Waals surface area contributed by atoms with E-state index in [4.69, 9.17) is 4.74 Å². The molecule has 2 aromatic carbocycles. The zero-order valence-electron chi connectivity index (χ0n) is 12.7. The van der Waals surface area contributed by atoms with Gasteiger partial charge in [0.15, 0.2) is 0 Å². The molecule has 1 heterocycles. The zero-order chi connectivity index (χ0) is 16.1. The maximum Gasteiger partial charge on any atom is 0.243 e. The summed E-state index contributed by atoms with van der Waals surface area (Å²) in [5, 5.41) is 8.04. The lowest BCUT2D eigenvalue weighted by Crippen LogP contribution is -2.21. The van der Waals surface area contributed by atoms with Crippen molar-refractivity contribution >= 4 is 28.1 Å². The average Bonchev–Trinajstić information content (AvgIpc) is 2.60. The van der Waals surface area contributed by atoms with Crippen molar-refractivity contribution in [1.29, 1.82) is 0 Å². The first-order valence-corrected chi connectivity index (χ1v) is 7.26. The highest BCUT2D eigenvalue weighted by molar-refractivity contribution is 5.96. The second-order valence-corrected chi connectivity index (χ2v) is 5.07. The van der Waals surface area contributed by atoms with Crippen molar-refractivity contribution in [2.24, 2.45) is 0 Å². The van der Waals surface area contributed by atoms with Crippen molar-refractivity contribution in [2.45, 2.75) is 0 Å². The van der Waals surface area contributed by atoms with Crippen LogP contribution < -0.4 is 15.4 Å². The van der Waals surface area contributed by atoms with Crippen LogP contribution in [0.5, 0.6) is 5.75 Å². The largest absolute Gasteiger partial charge is 0.497 e. The van der Waals surface area contributed by atoms with Gasteiger partial charge in [0.25, 0.3) is 0 Å². The minimum absolute atomic E-state index is 0.110. The smallest absolute Gasteiger partial charge is 0.243 e. The molecule has 0 spiro atoms. The summed E-state index contributed by atoms with van der Waals surface area (Å²) in [5.74, 6) is 0.639. The van der Waals surface area contributed by atoms with E-state index in [0.29, 0.717) is 0 Å². The molecule has 0 fully saturated rings. The molecule has 23 heavy (non-hydrogen) atoms. The summed E-state index contributed by atoms with van der Waals surface area (Å²) in [6, 6.07) is 15.1. The average molecular weight is 307 g/mol. The molecule has 5 nitrogen and oxygen atoms in total. The van der Waals surface area contributed by atoms with E-state index in [2.05, 4.69) is 15.6 Å². The van der Waals surface area contributed by atoms with Crippen molar-refractivity contribution in [3.05, 3.63) is 60.9 Å². The Morgan fingerprint density at radius 1 is 1.09 bits per heavy atom. The summed E-state index contributed by atoms with van der Waals surface area (Å²) >= 11 is 0. The lowest BCUT2D eigenvalue weighted by Gasteiger charge is -2.09. The van der Waals surface area contributed by atoms with Gasteiger partial charge in [-0.3, -0.25) is 9.78 Å². The van der Waals surface area contributed by atoms with Gasteiger partial charge >= 0.3 is 0 Å². The predicted molar refractivity (Wildman–Crippen MR) is 91.9 cm³/mol. The molecular weight excluding hydrogens is 290 g/mol. The first-order chi connectivity index (χ1) is 11.2. The van der Waals surface area contributed by atoms with Crippen LogP contribution in [0.4, 0.5) is 11.4 Å². The standard InChI is InChI=1S/C18H17N3O2/c1-23-17-4-2-3-15(10-17)20-12-18(22)21-16-6-5-14-11-19-8-7-13(14)9-16/h2-11,20H,12H2,1H3,(H,21,22). The minimum Gasteiger partial charge on any atom is -0.497 e. The number of pyridine rings is 1. The summed E-state index contributed by atoms with van der Waals surface area (Å²) in [7, 11) is 1.61. The van der Waals surface area contributed by atoms with E-state index in [9.17, 15) is 4.79 Å². The number of hydrogen-bond donors (Lipinski definition) is 2. The van der Waals surface area contributed by atoms with Crippen LogP contribution in [0.25, 0.3) is 10.8 Å².